The maximum absolute atomic E-state index is 12.0. The maximum atomic E-state index is 12.0. The van der Waals surface area contributed by atoms with E-state index in [1.807, 2.05) is 0 Å². The summed E-state index contributed by atoms with van der Waals surface area (Å²) in [5.74, 6) is -0.314. The minimum Gasteiger partial charge on any atom is -0.386 e. The van der Waals surface area contributed by atoms with E-state index in [4.69, 9.17) is 0 Å². The van der Waals surface area contributed by atoms with E-state index >= 15 is 0 Å². The number of carbonyl (C=O) groups excluding carboxylic acids is 1. The van der Waals surface area contributed by atoms with Gasteiger partial charge in [-0.05, 0) is 13.0 Å². The van der Waals surface area contributed by atoms with Gasteiger partial charge in [0.25, 0.3) is 11.6 Å². The first-order valence-electron chi connectivity index (χ1n) is 5.25. The first-order valence-corrected chi connectivity index (χ1v) is 6.04. The van der Waals surface area contributed by atoms with Crippen LogP contribution >= 0.6 is 15.9 Å². The molecule has 7 heteroatoms. The molecule has 1 saturated heterocycles. The topological polar surface area (TPSA) is 83.7 Å². The second kappa shape index (κ2) is 4.33. The van der Waals surface area contributed by atoms with Crippen LogP contribution in [0.1, 0.15) is 17.3 Å². The van der Waals surface area contributed by atoms with Gasteiger partial charge in [0, 0.05) is 22.2 Å². The van der Waals surface area contributed by atoms with Crippen molar-refractivity contribution < 1.29 is 14.8 Å². The van der Waals surface area contributed by atoms with Crippen molar-refractivity contribution in [3.63, 3.8) is 0 Å². The van der Waals surface area contributed by atoms with Gasteiger partial charge in [0.1, 0.15) is 0 Å². The number of non-ortho nitro benzene ring substituents is 1. The fraction of sp³-hybridized carbons (Fsp3) is 0.364. The third kappa shape index (κ3) is 2.51. The van der Waals surface area contributed by atoms with Crippen LogP contribution in [0, 0.1) is 10.1 Å². The predicted octanol–water partition coefficient (Wildman–Crippen LogP) is 1.56. The molecule has 2 rings (SSSR count). The van der Waals surface area contributed by atoms with Crippen LogP contribution < -0.4 is 0 Å². The summed E-state index contributed by atoms with van der Waals surface area (Å²) in [6.45, 7) is 2.12. The van der Waals surface area contributed by atoms with Crippen molar-refractivity contribution in [3.05, 3.63) is 38.3 Å². The summed E-state index contributed by atoms with van der Waals surface area (Å²) >= 11 is 3.14. The number of β-amino-alcohol motifs (C(OH)–C–C–N with tert-alkyl or cyclic N) is 1. The molecule has 1 N–H and O–H groups in total. The van der Waals surface area contributed by atoms with Crippen molar-refractivity contribution in [1.29, 1.82) is 0 Å². The Kier molecular flexibility index (Phi) is 3.12. The van der Waals surface area contributed by atoms with Crippen LogP contribution in [0.2, 0.25) is 0 Å². The molecule has 1 aliphatic rings. The number of aliphatic hydroxyl groups is 1. The molecule has 1 aliphatic heterocycles. The number of benzene rings is 1. The van der Waals surface area contributed by atoms with Crippen LogP contribution in [0.5, 0.6) is 0 Å². The number of rotatable bonds is 2. The fourth-order valence-corrected chi connectivity index (χ4v) is 2.39. The lowest BCUT2D eigenvalue weighted by Crippen LogP contribution is -2.61. The predicted molar refractivity (Wildman–Crippen MR) is 67.3 cm³/mol. The van der Waals surface area contributed by atoms with Crippen LogP contribution in [-0.2, 0) is 0 Å². The van der Waals surface area contributed by atoms with Gasteiger partial charge in [0.05, 0.1) is 23.6 Å². The molecule has 0 atom stereocenters. The molecule has 1 heterocycles. The second-order valence-electron chi connectivity index (χ2n) is 4.61. The van der Waals surface area contributed by atoms with Crippen molar-refractivity contribution in [2.24, 2.45) is 0 Å². The molecular formula is C11H11BrN2O4. The van der Waals surface area contributed by atoms with Gasteiger partial charge in [-0.1, -0.05) is 15.9 Å². The monoisotopic (exact) mass is 314 g/mol. The van der Waals surface area contributed by atoms with E-state index in [2.05, 4.69) is 15.9 Å². The third-order valence-electron chi connectivity index (χ3n) is 2.69. The van der Waals surface area contributed by atoms with Gasteiger partial charge in [0.2, 0.25) is 0 Å². The molecule has 0 saturated carbocycles. The lowest BCUT2D eigenvalue weighted by atomic mass is 9.96. The third-order valence-corrected chi connectivity index (χ3v) is 3.15. The van der Waals surface area contributed by atoms with E-state index in [9.17, 15) is 20.0 Å². The zero-order valence-electron chi connectivity index (χ0n) is 9.59. The Labute approximate surface area is 111 Å². The van der Waals surface area contributed by atoms with Crippen LogP contribution in [0.4, 0.5) is 5.69 Å². The summed E-state index contributed by atoms with van der Waals surface area (Å²) in [4.78, 5) is 23.6. The summed E-state index contributed by atoms with van der Waals surface area (Å²) in [6.07, 6.45) is 0. The summed E-state index contributed by atoms with van der Waals surface area (Å²) < 4.78 is 0.479. The van der Waals surface area contributed by atoms with Crippen molar-refractivity contribution in [2.45, 2.75) is 12.5 Å². The van der Waals surface area contributed by atoms with Crippen molar-refractivity contribution in [3.8, 4) is 0 Å². The number of nitrogens with zero attached hydrogens (tertiary/aromatic N) is 2. The lowest BCUT2D eigenvalue weighted by molar-refractivity contribution is -0.385. The normalized spacial score (nSPS) is 17.2. The Balaban J connectivity index is 2.23. The molecule has 96 valence electrons. The highest BCUT2D eigenvalue weighted by atomic mass is 79.9. The number of carbonyl (C=O) groups is 1. The zero-order valence-corrected chi connectivity index (χ0v) is 11.2. The molecule has 1 aromatic rings. The molecule has 6 nitrogen and oxygen atoms in total. The first-order chi connectivity index (χ1) is 8.28. The average Bonchev–Trinajstić information content (AvgIpc) is 2.23. The van der Waals surface area contributed by atoms with Crippen LogP contribution in [0.15, 0.2) is 22.7 Å². The SMILES string of the molecule is CC1(O)CN(C(=O)c2cc(Br)cc([N+](=O)[O-])c2)C1. The number of hydrogen-bond acceptors (Lipinski definition) is 4. The van der Waals surface area contributed by atoms with E-state index in [-0.39, 0.29) is 30.2 Å². The Hall–Kier alpha value is -1.47. The molecule has 0 aliphatic carbocycles. The van der Waals surface area contributed by atoms with Gasteiger partial charge < -0.3 is 10.0 Å². The molecule has 1 fully saturated rings. The van der Waals surface area contributed by atoms with Crippen molar-refractivity contribution in [1.82, 2.24) is 4.90 Å². The van der Waals surface area contributed by atoms with E-state index in [1.54, 1.807) is 6.92 Å². The summed E-state index contributed by atoms with van der Waals surface area (Å²) in [6, 6.07) is 4.10. The lowest BCUT2D eigenvalue weighted by Gasteiger charge is -2.44. The minimum absolute atomic E-state index is 0.139. The van der Waals surface area contributed by atoms with Gasteiger partial charge in [-0.2, -0.15) is 0 Å². The number of nitro groups is 1. The molecule has 0 aromatic heterocycles. The Bertz CT molecular complexity index is 522. The Morgan fingerprint density at radius 1 is 1.50 bits per heavy atom. The van der Waals surface area contributed by atoms with E-state index < -0.39 is 10.5 Å². The number of amides is 1. The minimum atomic E-state index is -0.854. The van der Waals surface area contributed by atoms with E-state index in [1.165, 1.54) is 23.1 Å². The number of likely N-dealkylation sites (tertiary alicyclic amines) is 1. The second-order valence-corrected chi connectivity index (χ2v) is 5.53. The maximum Gasteiger partial charge on any atom is 0.271 e. The summed E-state index contributed by atoms with van der Waals surface area (Å²) in [5, 5.41) is 20.3. The standard InChI is InChI=1S/C11H11BrN2O4/c1-11(16)5-13(6-11)10(15)7-2-8(12)4-9(3-7)14(17)18/h2-4,16H,5-6H2,1H3. The summed E-state index contributed by atoms with van der Waals surface area (Å²) in [7, 11) is 0. The van der Waals surface area contributed by atoms with Crippen molar-refractivity contribution >= 4 is 27.5 Å². The van der Waals surface area contributed by atoms with Gasteiger partial charge >= 0.3 is 0 Å². The molecular weight excluding hydrogens is 304 g/mol. The number of hydrogen-bond donors (Lipinski definition) is 1. The average molecular weight is 315 g/mol. The first kappa shape index (κ1) is 13.0. The summed E-state index contributed by atoms with van der Waals surface area (Å²) in [5.41, 5.74) is -0.750. The van der Waals surface area contributed by atoms with E-state index in [0.29, 0.717) is 4.47 Å². The number of halogens is 1. The molecule has 0 bridgehead atoms. The highest BCUT2D eigenvalue weighted by molar-refractivity contribution is 9.10. The molecule has 0 unspecified atom stereocenters. The van der Waals surface area contributed by atoms with Gasteiger partial charge in [-0.25, -0.2) is 0 Å². The zero-order chi connectivity index (χ0) is 13.5. The van der Waals surface area contributed by atoms with Gasteiger partial charge in [-0.15, -0.1) is 0 Å². The quantitative estimate of drug-likeness (QED) is 0.663. The molecule has 0 spiro atoms. The highest BCUT2D eigenvalue weighted by Crippen LogP contribution is 2.26. The molecule has 1 amide bonds. The van der Waals surface area contributed by atoms with Crippen LogP contribution in [0.3, 0.4) is 0 Å². The highest BCUT2D eigenvalue weighted by Gasteiger charge is 2.39. The fourth-order valence-electron chi connectivity index (χ4n) is 1.91. The van der Waals surface area contributed by atoms with Gasteiger partial charge in [-0.3, -0.25) is 14.9 Å². The number of nitro benzene ring substituents is 1. The van der Waals surface area contributed by atoms with Gasteiger partial charge in [0.15, 0.2) is 0 Å². The Morgan fingerprint density at radius 3 is 2.61 bits per heavy atom. The molecule has 18 heavy (non-hydrogen) atoms. The van der Waals surface area contributed by atoms with Crippen LogP contribution in [0.25, 0.3) is 0 Å². The molecule has 1 aromatic carbocycles. The van der Waals surface area contributed by atoms with Crippen LogP contribution in [-0.4, -0.2) is 39.5 Å². The van der Waals surface area contributed by atoms with Crippen molar-refractivity contribution in [2.75, 3.05) is 13.1 Å². The smallest absolute Gasteiger partial charge is 0.271 e. The Morgan fingerprint density at radius 2 is 2.11 bits per heavy atom. The largest absolute Gasteiger partial charge is 0.386 e. The molecule has 0 radical (unpaired) electrons. The van der Waals surface area contributed by atoms with E-state index in [0.717, 1.165) is 0 Å².